The van der Waals surface area contributed by atoms with Gasteiger partial charge in [-0.05, 0) is 12.0 Å². The van der Waals surface area contributed by atoms with Gasteiger partial charge in [-0.3, -0.25) is 0 Å². The molecule has 0 radical (unpaired) electrons. The van der Waals surface area contributed by atoms with Crippen LogP contribution in [-0.4, -0.2) is 8.42 Å². The van der Waals surface area contributed by atoms with Crippen molar-refractivity contribution in [3.05, 3.63) is 47.4 Å². The molecule has 0 fully saturated rings. The highest BCUT2D eigenvalue weighted by Gasteiger charge is 2.06. The fraction of sp³-hybridized carbons (Fsp3) is 0.273. The third-order valence-electron chi connectivity index (χ3n) is 1.75. The number of allylic oxidation sites excluding steroid dienone is 1. The molecule has 0 atom stereocenters. The summed E-state index contributed by atoms with van der Waals surface area (Å²) in [6.07, 6.45) is 2.41. The second-order valence-corrected chi connectivity index (χ2v) is 4.96. The number of hydrogen-bond acceptors (Lipinski definition) is 2. The van der Waals surface area contributed by atoms with Crippen LogP contribution < -0.4 is 0 Å². The van der Waals surface area contributed by atoms with E-state index >= 15 is 0 Å². The molecule has 0 aliphatic heterocycles. The van der Waals surface area contributed by atoms with Crippen molar-refractivity contribution in [2.45, 2.75) is 19.1 Å². The van der Waals surface area contributed by atoms with Crippen molar-refractivity contribution in [3.63, 3.8) is 0 Å². The Hall–Kier alpha value is -1.09. The average Bonchev–Trinajstić information content (AvgIpc) is 2.16. The first-order chi connectivity index (χ1) is 6.64. The molecule has 0 saturated carbocycles. The van der Waals surface area contributed by atoms with Gasteiger partial charge in [0.25, 0.3) is 0 Å². The van der Waals surface area contributed by atoms with Crippen LogP contribution in [0.4, 0.5) is 0 Å². The van der Waals surface area contributed by atoms with E-state index < -0.39 is 9.84 Å². The molecule has 0 aliphatic rings. The lowest BCUT2D eigenvalue weighted by molar-refractivity contribution is 0.604. The van der Waals surface area contributed by atoms with Gasteiger partial charge in [0.05, 0.1) is 5.75 Å². The number of hydrogen-bond donors (Lipinski definition) is 0. The average molecular weight is 210 g/mol. The van der Waals surface area contributed by atoms with Crippen LogP contribution in [0.3, 0.4) is 0 Å². The van der Waals surface area contributed by atoms with Crippen LogP contribution in [-0.2, 0) is 15.6 Å². The zero-order chi connectivity index (χ0) is 10.4. The molecule has 2 nitrogen and oxygen atoms in total. The van der Waals surface area contributed by atoms with Crippen molar-refractivity contribution in [2.75, 3.05) is 0 Å². The van der Waals surface area contributed by atoms with E-state index in [0.29, 0.717) is 0 Å². The minimum absolute atomic E-state index is 0.0876. The molecule has 3 heteroatoms. The van der Waals surface area contributed by atoms with Crippen molar-refractivity contribution in [2.24, 2.45) is 0 Å². The first kappa shape index (κ1) is 11.0. The van der Waals surface area contributed by atoms with E-state index in [0.717, 1.165) is 12.0 Å². The summed E-state index contributed by atoms with van der Waals surface area (Å²) in [4.78, 5) is 0. The second-order valence-electron chi connectivity index (χ2n) is 3.07. The van der Waals surface area contributed by atoms with Crippen molar-refractivity contribution < 1.29 is 8.42 Å². The maximum atomic E-state index is 11.5. The molecule has 0 bridgehead atoms. The molecular weight excluding hydrogens is 196 g/mol. The van der Waals surface area contributed by atoms with Gasteiger partial charge in [0.1, 0.15) is 0 Å². The minimum Gasteiger partial charge on any atom is -0.224 e. The summed E-state index contributed by atoms with van der Waals surface area (Å²) in [7, 11) is -3.08. The molecule has 0 aromatic heterocycles. The molecule has 14 heavy (non-hydrogen) atoms. The van der Waals surface area contributed by atoms with Gasteiger partial charge in [-0.1, -0.05) is 43.3 Å². The predicted octanol–water partition coefficient (Wildman–Crippen LogP) is 2.53. The van der Waals surface area contributed by atoms with E-state index in [-0.39, 0.29) is 5.75 Å². The standard InChI is InChI=1S/C11H14O2S/c1-2-3-9-14(12,13)10-11-7-5-4-6-8-11/h3-9H,2,10H2,1H3/b9-3+. The highest BCUT2D eigenvalue weighted by atomic mass is 32.2. The van der Waals surface area contributed by atoms with Gasteiger partial charge in [-0.2, -0.15) is 0 Å². The quantitative estimate of drug-likeness (QED) is 0.765. The Bertz CT molecular complexity index is 391. The fourth-order valence-corrected chi connectivity index (χ4v) is 2.34. The van der Waals surface area contributed by atoms with Crippen LogP contribution in [0.25, 0.3) is 0 Å². The van der Waals surface area contributed by atoms with Crippen LogP contribution in [0.1, 0.15) is 18.9 Å². The molecule has 1 rings (SSSR count). The molecule has 1 aromatic rings. The lowest BCUT2D eigenvalue weighted by atomic mass is 10.2. The monoisotopic (exact) mass is 210 g/mol. The van der Waals surface area contributed by atoms with Gasteiger partial charge < -0.3 is 0 Å². The molecule has 0 saturated heterocycles. The zero-order valence-corrected chi connectivity index (χ0v) is 9.00. The predicted molar refractivity (Wildman–Crippen MR) is 58.5 cm³/mol. The molecule has 0 unspecified atom stereocenters. The van der Waals surface area contributed by atoms with Gasteiger partial charge in [0.15, 0.2) is 9.84 Å². The van der Waals surface area contributed by atoms with E-state index in [1.54, 1.807) is 6.08 Å². The zero-order valence-electron chi connectivity index (χ0n) is 8.18. The van der Waals surface area contributed by atoms with Gasteiger partial charge in [-0.15, -0.1) is 0 Å². The topological polar surface area (TPSA) is 34.1 Å². The first-order valence-electron chi connectivity index (χ1n) is 4.57. The second kappa shape index (κ2) is 4.96. The van der Waals surface area contributed by atoms with Gasteiger partial charge >= 0.3 is 0 Å². The highest BCUT2D eigenvalue weighted by molar-refractivity contribution is 7.93. The molecule has 0 amide bonds. The van der Waals surface area contributed by atoms with Crippen molar-refractivity contribution >= 4 is 9.84 Å². The van der Waals surface area contributed by atoms with E-state index in [1.165, 1.54) is 5.41 Å². The Morgan fingerprint density at radius 1 is 1.21 bits per heavy atom. The normalized spacial score (nSPS) is 12.1. The highest BCUT2D eigenvalue weighted by Crippen LogP contribution is 2.07. The fourth-order valence-electron chi connectivity index (χ4n) is 1.10. The Labute approximate surface area is 85.2 Å². The molecule has 76 valence electrons. The minimum atomic E-state index is -3.08. The summed E-state index contributed by atoms with van der Waals surface area (Å²) in [6.45, 7) is 1.91. The van der Waals surface area contributed by atoms with Crippen LogP contribution >= 0.6 is 0 Å². The summed E-state index contributed by atoms with van der Waals surface area (Å²) in [5.74, 6) is 0.0876. The third-order valence-corrected chi connectivity index (χ3v) is 3.09. The number of rotatable bonds is 4. The SMILES string of the molecule is CC/C=C/S(=O)(=O)Cc1ccccc1. The van der Waals surface area contributed by atoms with E-state index in [4.69, 9.17) is 0 Å². The van der Waals surface area contributed by atoms with Crippen molar-refractivity contribution in [1.82, 2.24) is 0 Å². The summed E-state index contributed by atoms with van der Waals surface area (Å²) < 4.78 is 22.9. The maximum absolute atomic E-state index is 11.5. The van der Waals surface area contributed by atoms with Gasteiger partial charge in [0.2, 0.25) is 0 Å². The Morgan fingerprint density at radius 2 is 1.86 bits per heavy atom. The summed E-state index contributed by atoms with van der Waals surface area (Å²) in [6, 6.07) is 9.19. The smallest absolute Gasteiger partial charge is 0.175 e. The Morgan fingerprint density at radius 3 is 2.43 bits per heavy atom. The molecule has 1 aromatic carbocycles. The lowest BCUT2D eigenvalue weighted by Gasteiger charge is -1.98. The van der Waals surface area contributed by atoms with Crippen molar-refractivity contribution in [1.29, 1.82) is 0 Å². The first-order valence-corrected chi connectivity index (χ1v) is 6.29. The largest absolute Gasteiger partial charge is 0.224 e. The van der Waals surface area contributed by atoms with Crippen LogP contribution in [0, 0.1) is 0 Å². The van der Waals surface area contributed by atoms with Crippen LogP contribution in [0.2, 0.25) is 0 Å². The van der Waals surface area contributed by atoms with E-state index in [1.807, 2.05) is 37.3 Å². The number of sulfone groups is 1. The molecule has 0 heterocycles. The van der Waals surface area contributed by atoms with Gasteiger partial charge in [-0.25, -0.2) is 8.42 Å². The third kappa shape index (κ3) is 3.75. The summed E-state index contributed by atoms with van der Waals surface area (Å²) >= 11 is 0. The molecule has 0 aliphatic carbocycles. The molecule has 0 N–H and O–H groups in total. The van der Waals surface area contributed by atoms with E-state index in [9.17, 15) is 8.42 Å². The van der Waals surface area contributed by atoms with E-state index in [2.05, 4.69) is 0 Å². The molecule has 0 spiro atoms. The maximum Gasteiger partial charge on any atom is 0.175 e. The summed E-state index contributed by atoms with van der Waals surface area (Å²) in [5.41, 5.74) is 0.827. The van der Waals surface area contributed by atoms with Crippen molar-refractivity contribution in [3.8, 4) is 0 Å². The molecular formula is C11H14O2S. The van der Waals surface area contributed by atoms with Crippen LogP contribution in [0.15, 0.2) is 41.8 Å². The number of benzene rings is 1. The van der Waals surface area contributed by atoms with Crippen LogP contribution in [0.5, 0.6) is 0 Å². The van der Waals surface area contributed by atoms with Gasteiger partial charge in [0, 0.05) is 5.41 Å². The Kier molecular flexibility index (Phi) is 3.89. The Balaban J connectivity index is 2.74. The summed E-state index contributed by atoms with van der Waals surface area (Å²) in [5, 5.41) is 1.29. The lowest BCUT2D eigenvalue weighted by Crippen LogP contribution is -1.99.